The largest absolute Gasteiger partial charge is 0.319 e. The SMILES string of the molecule is N#Cc1cc2sc3nnc(-c4ccccc4)c(-c4ccccc4)c3c2[nH]c1=O. The second-order valence-electron chi connectivity index (χ2n) is 6.30. The zero-order chi connectivity index (χ0) is 19.1. The van der Waals surface area contributed by atoms with Crippen LogP contribution >= 0.6 is 11.3 Å². The molecule has 3 aromatic heterocycles. The van der Waals surface area contributed by atoms with Gasteiger partial charge >= 0.3 is 0 Å². The fraction of sp³-hybridized carbons (Fsp3) is 0. The second kappa shape index (κ2) is 6.41. The molecule has 0 spiro atoms. The van der Waals surface area contributed by atoms with Gasteiger partial charge in [0.2, 0.25) is 0 Å². The van der Waals surface area contributed by atoms with Gasteiger partial charge < -0.3 is 4.98 Å². The Balaban J connectivity index is 1.97. The van der Waals surface area contributed by atoms with E-state index >= 15 is 0 Å². The van der Waals surface area contributed by atoms with Crippen LogP contribution in [-0.4, -0.2) is 15.2 Å². The molecular formula is C22H12N4OS. The third kappa shape index (κ3) is 2.49. The number of H-pyrrole nitrogens is 1. The standard InChI is InChI=1S/C22H12N4OS/c23-12-15-11-16-20(24-21(15)27)18-17(13-7-3-1-4-8-13)19(25-26-22(18)28-16)14-9-5-2-6-10-14/h1-11H,(H,24,27). The molecule has 0 aliphatic carbocycles. The van der Waals surface area contributed by atoms with Gasteiger partial charge in [-0.1, -0.05) is 60.7 Å². The number of benzene rings is 2. The van der Waals surface area contributed by atoms with Crippen LogP contribution in [0.3, 0.4) is 0 Å². The molecule has 0 fully saturated rings. The van der Waals surface area contributed by atoms with Crippen molar-refractivity contribution in [3.8, 4) is 28.5 Å². The number of aromatic amines is 1. The third-order valence-electron chi connectivity index (χ3n) is 4.63. The highest BCUT2D eigenvalue weighted by Crippen LogP contribution is 2.41. The monoisotopic (exact) mass is 380 g/mol. The van der Waals surface area contributed by atoms with Crippen LogP contribution in [0, 0.1) is 11.3 Å². The van der Waals surface area contributed by atoms with E-state index in [0.717, 1.165) is 37.3 Å². The van der Waals surface area contributed by atoms with Crippen LogP contribution in [0.5, 0.6) is 0 Å². The molecule has 2 aromatic carbocycles. The first-order valence-electron chi connectivity index (χ1n) is 8.63. The van der Waals surface area contributed by atoms with Gasteiger partial charge in [0.15, 0.2) is 0 Å². The van der Waals surface area contributed by atoms with Crippen molar-refractivity contribution in [3.63, 3.8) is 0 Å². The van der Waals surface area contributed by atoms with Gasteiger partial charge in [0.25, 0.3) is 5.56 Å². The lowest BCUT2D eigenvalue weighted by atomic mass is 9.97. The van der Waals surface area contributed by atoms with E-state index in [-0.39, 0.29) is 5.56 Å². The first kappa shape index (κ1) is 16.4. The van der Waals surface area contributed by atoms with E-state index in [1.807, 2.05) is 66.7 Å². The fourth-order valence-electron chi connectivity index (χ4n) is 3.37. The maximum atomic E-state index is 12.3. The molecular weight excluding hydrogens is 368 g/mol. The number of nitriles is 1. The Kier molecular flexibility index (Phi) is 3.75. The van der Waals surface area contributed by atoms with Gasteiger partial charge in [-0.15, -0.1) is 21.5 Å². The lowest BCUT2D eigenvalue weighted by Crippen LogP contribution is -2.08. The molecule has 5 rings (SSSR count). The van der Waals surface area contributed by atoms with Crippen molar-refractivity contribution in [2.45, 2.75) is 0 Å². The molecule has 0 saturated carbocycles. The van der Waals surface area contributed by atoms with Crippen LogP contribution < -0.4 is 5.56 Å². The third-order valence-corrected chi connectivity index (χ3v) is 5.65. The van der Waals surface area contributed by atoms with Crippen molar-refractivity contribution < 1.29 is 0 Å². The van der Waals surface area contributed by atoms with Crippen molar-refractivity contribution >= 4 is 31.8 Å². The normalized spacial score (nSPS) is 11.0. The summed E-state index contributed by atoms with van der Waals surface area (Å²) in [5, 5.41) is 19.0. The van der Waals surface area contributed by atoms with Crippen molar-refractivity contribution in [2.75, 3.05) is 0 Å². The summed E-state index contributed by atoms with van der Waals surface area (Å²) >= 11 is 1.42. The van der Waals surface area contributed by atoms with Crippen molar-refractivity contribution in [3.05, 3.63) is 82.6 Å². The number of nitrogens with zero attached hydrogens (tertiary/aromatic N) is 3. The molecule has 1 N–H and O–H groups in total. The van der Waals surface area contributed by atoms with Gasteiger partial charge in [0, 0.05) is 16.5 Å². The zero-order valence-electron chi connectivity index (χ0n) is 14.5. The quantitative estimate of drug-likeness (QED) is 0.480. The molecule has 0 amide bonds. The van der Waals surface area contributed by atoms with Gasteiger partial charge in [0.1, 0.15) is 22.2 Å². The van der Waals surface area contributed by atoms with Crippen LogP contribution in [0.1, 0.15) is 5.56 Å². The molecule has 0 radical (unpaired) electrons. The predicted molar refractivity (Wildman–Crippen MR) is 111 cm³/mol. The van der Waals surface area contributed by atoms with E-state index < -0.39 is 5.56 Å². The summed E-state index contributed by atoms with van der Waals surface area (Å²) in [6.45, 7) is 0. The number of thiophene rings is 1. The Morgan fingerprint density at radius 2 is 1.61 bits per heavy atom. The smallest absolute Gasteiger partial charge is 0.266 e. The molecule has 0 saturated heterocycles. The maximum Gasteiger partial charge on any atom is 0.266 e. The Labute approximate surface area is 163 Å². The van der Waals surface area contributed by atoms with E-state index in [1.54, 1.807) is 6.07 Å². The Morgan fingerprint density at radius 3 is 2.29 bits per heavy atom. The molecule has 0 bridgehead atoms. The molecule has 0 aliphatic heterocycles. The van der Waals surface area contributed by atoms with Crippen molar-refractivity contribution in [2.24, 2.45) is 0 Å². The summed E-state index contributed by atoms with van der Waals surface area (Å²) in [5.74, 6) is 0. The summed E-state index contributed by atoms with van der Waals surface area (Å²) in [4.78, 5) is 15.9. The number of hydrogen-bond donors (Lipinski definition) is 1. The van der Waals surface area contributed by atoms with E-state index in [9.17, 15) is 10.1 Å². The second-order valence-corrected chi connectivity index (χ2v) is 7.33. The predicted octanol–water partition coefficient (Wildman–Crippen LogP) is 4.74. The summed E-state index contributed by atoms with van der Waals surface area (Å²) in [6, 6.07) is 23.4. The Hall–Kier alpha value is -3.82. The summed E-state index contributed by atoms with van der Waals surface area (Å²) in [7, 11) is 0. The molecule has 6 heteroatoms. The van der Waals surface area contributed by atoms with E-state index in [1.165, 1.54) is 11.3 Å². The first-order chi connectivity index (χ1) is 13.8. The van der Waals surface area contributed by atoms with Crippen LogP contribution in [0.25, 0.3) is 42.8 Å². The van der Waals surface area contributed by atoms with Crippen molar-refractivity contribution in [1.29, 1.82) is 5.26 Å². The summed E-state index contributed by atoms with van der Waals surface area (Å²) < 4.78 is 0.808. The van der Waals surface area contributed by atoms with E-state index in [4.69, 9.17) is 0 Å². The molecule has 0 aliphatic rings. The molecule has 0 unspecified atom stereocenters. The van der Waals surface area contributed by atoms with E-state index in [0.29, 0.717) is 5.52 Å². The van der Waals surface area contributed by atoms with Gasteiger partial charge in [-0.3, -0.25) is 4.79 Å². The van der Waals surface area contributed by atoms with Crippen LogP contribution in [0.2, 0.25) is 0 Å². The first-order valence-corrected chi connectivity index (χ1v) is 9.45. The molecule has 28 heavy (non-hydrogen) atoms. The minimum atomic E-state index is -0.396. The number of fused-ring (bicyclic) bond motifs is 3. The fourth-order valence-corrected chi connectivity index (χ4v) is 4.40. The number of aromatic nitrogens is 3. The van der Waals surface area contributed by atoms with Crippen molar-refractivity contribution in [1.82, 2.24) is 15.2 Å². The highest BCUT2D eigenvalue weighted by atomic mass is 32.1. The minimum absolute atomic E-state index is 0.0940. The lowest BCUT2D eigenvalue weighted by molar-refractivity contribution is 1.09. The van der Waals surface area contributed by atoms with E-state index in [2.05, 4.69) is 15.2 Å². The summed E-state index contributed by atoms with van der Waals surface area (Å²) in [6.07, 6.45) is 0. The maximum absolute atomic E-state index is 12.3. The topological polar surface area (TPSA) is 82.4 Å². The average Bonchev–Trinajstić information content (AvgIpc) is 3.11. The molecule has 5 aromatic rings. The highest BCUT2D eigenvalue weighted by Gasteiger charge is 2.20. The Bertz CT molecular complexity index is 1430. The lowest BCUT2D eigenvalue weighted by Gasteiger charge is -2.10. The van der Waals surface area contributed by atoms with Gasteiger partial charge in [-0.25, -0.2) is 0 Å². The number of rotatable bonds is 2. The Morgan fingerprint density at radius 1 is 0.929 bits per heavy atom. The van der Waals surface area contributed by atoms with Crippen LogP contribution in [0.4, 0.5) is 0 Å². The number of nitrogens with one attached hydrogen (secondary N) is 1. The summed E-state index contributed by atoms with van der Waals surface area (Å²) in [5.41, 5.74) is 4.00. The van der Waals surface area contributed by atoms with Gasteiger partial charge in [-0.05, 0) is 11.6 Å². The minimum Gasteiger partial charge on any atom is -0.319 e. The zero-order valence-corrected chi connectivity index (χ0v) is 15.3. The highest BCUT2D eigenvalue weighted by molar-refractivity contribution is 7.25. The molecule has 5 nitrogen and oxygen atoms in total. The number of hydrogen-bond acceptors (Lipinski definition) is 5. The van der Waals surface area contributed by atoms with Crippen LogP contribution in [-0.2, 0) is 0 Å². The number of pyridine rings is 1. The van der Waals surface area contributed by atoms with Gasteiger partial charge in [-0.2, -0.15) is 5.26 Å². The van der Waals surface area contributed by atoms with Gasteiger partial charge in [0.05, 0.1) is 10.2 Å². The van der Waals surface area contributed by atoms with Crippen LogP contribution in [0.15, 0.2) is 71.5 Å². The molecule has 3 heterocycles. The average molecular weight is 380 g/mol. The molecule has 132 valence electrons. The molecule has 0 atom stereocenters.